The standard InChI is InChI=1S/C28H32N4O2/c1-20-12-13-23(26(33)18-20)24-19-25(30-29-24)28(34)32-16-14-31(15-17-32)27(21-8-4-2-5-9-21)22-10-6-3-7-11-22/h2-13,18,24-25,27,29-30,33H,14-17,19H2,1H3. The first-order valence-corrected chi connectivity index (χ1v) is 12.0. The largest absolute Gasteiger partial charge is 0.508 e. The van der Waals surface area contributed by atoms with Gasteiger partial charge < -0.3 is 10.0 Å². The van der Waals surface area contributed by atoms with Crippen molar-refractivity contribution in [3.05, 3.63) is 101 Å². The number of benzene rings is 3. The Hall–Kier alpha value is -3.19. The molecule has 2 fully saturated rings. The molecule has 2 saturated heterocycles. The van der Waals surface area contributed by atoms with Crippen molar-refractivity contribution in [2.45, 2.75) is 31.5 Å². The molecule has 0 radical (unpaired) electrons. The van der Waals surface area contributed by atoms with Crippen molar-refractivity contribution >= 4 is 5.91 Å². The summed E-state index contributed by atoms with van der Waals surface area (Å²) in [5.41, 5.74) is 10.8. The lowest BCUT2D eigenvalue weighted by molar-refractivity contribution is -0.135. The average Bonchev–Trinajstić information content (AvgIpc) is 3.35. The van der Waals surface area contributed by atoms with Gasteiger partial charge in [-0.3, -0.25) is 9.69 Å². The van der Waals surface area contributed by atoms with Gasteiger partial charge in [0.2, 0.25) is 5.91 Å². The topological polar surface area (TPSA) is 67.8 Å². The molecule has 6 heteroatoms. The van der Waals surface area contributed by atoms with Crippen molar-refractivity contribution in [3.63, 3.8) is 0 Å². The molecule has 2 atom stereocenters. The van der Waals surface area contributed by atoms with Gasteiger partial charge in [0.25, 0.3) is 0 Å². The van der Waals surface area contributed by atoms with Gasteiger partial charge in [-0.05, 0) is 36.1 Å². The smallest absolute Gasteiger partial charge is 0.241 e. The molecular weight excluding hydrogens is 424 g/mol. The van der Waals surface area contributed by atoms with Crippen LogP contribution in [-0.4, -0.2) is 53.0 Å². The molecule has 1 amide bonds. The molecule has 176 valence electrons. The SMILES string of the molecule is Cc1ccc(C2CC(C(=O)N3CCN(C(c4ccccc4)c4ccccc4)CC3)NN2)c(O)c1. The minimum Gasteiger partial charge on any atom is -0.508 e. The van der Waals surface area contributed by atoms with E-state index < -0.39 is 0 Å². The van der Waals surface area contributed by atoms with E-state index in [2.05, 4.69) is 76.4 Å². The predicted molar refractivity (Wildman–Crippen MR) is 133 cm³/mol. The number of nitrogens with one attached hydrogen (secondary N) is 2. The van der Waals surface area contributed by atoms with Crippen LogP contribution in [0, 0.1) is 6.92 Å². The molecule has 3 aromatic carbocycles. The van der Waals surface area contributed by atoms with E-state index in [4.69, 9.17) is 0 Å². The van der Waals surface area contributed by atoms with Gasteiger partial charge in [0.1, 0.15) is 11.8 Å². The van der Waals surface area contributed by atoms with Crippen LogP contribution in [0.4, 0.5) is 0 Å². The van der Waals surface area contributed by atoms with Crippen molar-refractivity contribution in [3.8, 4) is 5.75 Å². The first-order chi connectivity index (χ1) is 16.6. The molecule has 2 heterocycles. The number of piperazine rings is 1. The van der Waals surface area contributed by atoms with Gasteiger partial charge in [-0.15, -0.1) is 0 Å². The normalized spacial score (nSPS) is 21.2. The number of phenolic OH excluding ortho intramolecular Hbond substituents is 1. The van der Waals surface area contributed by atoms with E-state index in [0.717, 1.165) is 24.2 Å². The van der Waals surface area contributed by atoms with E-state index in [1.165, 1.54) is 11.1 Å². The second-order valence-corrected chi connectivity index (χ2v) is 9.28. The zero-order valence-electron chi connectivity index (χ0n) is 19.5. The van der Waals surface area contributed by atoms with Gasteiger partial charge in [-0.25, -0.2) is 10.9 Å². The minimum absolute atomic E-state index is 0.0867. The van der Waals surface area contributed by atoms with Crippen LogP contribution < -0.4 is 10.9 Å². The maximum atomic E-state index is 13.3. The number of phenols is 1. The molecule has 3 aromatic rings. The fourth-order valence-corrected chi connectivity index (χ4v) is 5.18. The summed E-state index contributed by atoms with van der Waals surface area (Å²) in [4.78, 5) is 17.7. The number of rotatable bonds is 5. The minimum atomic E-state index is -0.295. The Morgan fingerprint density at radius 1 is 0.882 bits per heavy atom. The number of hydrazine groups is 1. The molecule has 6 nitrogen and oxygen atoms in total. The summed E-state index contributed by atoms with van der Waals surface area (Å²) in [5.74, 6) is 0.395. The summed E-state index contributed by atoms with van der Waals surface area (Å²) < 4.78 is 0. The molecule has 0 aliphatic carbocycles. The highest BCUT2D eigenvalue weighted by molar-refractivity contribution is 5.82. The lowest BCUT2D eigenvalue weighted by Gasteiger charge is -2.40. The van der Waals surface area contributed by atoms with Crippen LogP contribution in [0.5, 0.6) is 5.75 Å². The van der Waals surface area contributed by atoms with Crippen molar-refractivity contribution in [2.75, 3.05) is 26.2 Å². The zero-order valence-corrected chi connectivity index (χ0v) is 19.5. The second kappa shape index (κ2) is 9.97. The van der Waals surface area contributed by atoms with Crippen molar-refractivity contribution < 1.29 is 9.90 Å². The number of nitrogens with zero attached hydrogens (tertiary/aromatic N) is 2. The number of hydrogen-bond donors (Lipinski definition) is 3. The van der Waals surface area contributed by atoms with Crippen LogP contribution >= 0.6 is 0 Å². The molecular formula is C28H32N4O2. The summed E-state index contributed by atoms with van der Waals surface area (Å²) in [7, 11) is 0. The van der Waals surface area contributed by atoms with E-state index in [0.29, 0.717) is 19.5 Å². The molecule has 2 aliphatic heterocycles. The predicted octanol–water partition coefficient (Wildman–Crippen LogP) is 3.54. The van der Waals surface area contributed by atoms with Gasteiger partial charge in [-0.2, -0.15) is 0 Å². The van der Waals surface area contributed by atoms with Crippen LogP contribution in [0.2, 0.25) is 0 Å². The fourth-order valence-electron chi connectivity index (χ4n) is 5.18. The summed E-state index contributed by atoms with van der Waals surface area (Å²) in [5, 5.41) is 10.3. The lowest BCUT2D eigenvalue weighted by Crippen LogP contribution is -2.54. The third-order valence-corrected chi connectivity index (χ3v) is 6.98. The summed E-state index contributed by atoms with van der Waals surface area (Å²) in [6.07, 6.45) is 0.617. The monoisotopic (exact) mass is 456 g/mol. The van der Waals surface area contributed by atoms with Crippen LogP contribution in [0.25, 0.3) is 0 Å². The quantitative estimate of drug-likeness (QED) is 0.548. The van der Waals surface area contributed by atoms with Crippen molar-refractivity contribution in [1.82, 2.24) is 20.7 Å². The van der Waals surface area contributed by atoms with E-state index in [1.54, 1.807) is 6.07 Å². The number of aromatic hydroxyl groups is 1. The van der Waals surface area contributed by atoms with Crippen molar-refractivity contribution in [2.24, 2.45) is 0 Å². The number of amides is 1. The highest BCUT2D eigenvalue weighted by Crippen LogP contribution is 2.32. The summed E-state index contributed by atoms with van der Waals surface area (Å²) in [6.45, 7) is 5.00. The Labute approximate surface area is 201 Å². The second-order valence-electron chi connectivity index (χ2n) is 9.28. The summed E-state index contributed by atoms with van der Waals surface area (Å²) >= 11 is 0. The first kappa shape index (κ1) is 22.6. The number of carbonyl (C=O) groups is 1. The molecule has 0 aromatic heterocycles. The number of carbonyl (C=O) groups excluding carboxylic acids is 1. The maximum Gasteiger partial charge on any atom is 0.241 e. The third kappa shape index (κ3) is 4.71. The molecule has 2 aliphatic rings. The molecule has 0 bridgehead atoms. The Bertz CT molecular complexity index is 1070. The molecule has 2 unspecified atom stereocenters. The van der Waals surface area contributed by atoms with Gasteiger partial charge >= 0.3 is 0 Å². The van der Waals surface area contributed by atoms with Crippen LogP contribution in [0.3, 0.4) is 0 Å². The van der Waals surface area contributed by atoms with E-state index in [9.17, 15) is 9.90 Å². The molecule has 0 saturated carbocycles. The molecule has 5 rings (SSSR count). The van der Waals surface area contributed by atoms with E-state index >= 15 is 0 Å². The van der Waals surface area contributed by atoms with Crippen LogP contribution in [0.15, 0.2) is 78.9 Å². The number of aryl methyl sites for hydroxylation is 1. The van der Waals surface area contributed by atoms with Gasteiger partial charge in [0.15, 0.2) is 0 Å². The summed E-state index contributed by atoms with van der Waals surface area (Å²) in [6, 6.07) is 26.7. The molecule has 34 heavy (non-hydrogen) atoms. The Morgan fingerprint density at radius 3 is 2.09 bits per heavy atom. The van der Waals surface area contributed by atoms with Crippen LogP contribution in [-0.2, 0) is 4.79 Å². The molecule has 3 N–H and O–H groups in total. The zero-order chi connectivity index (χ0) is 23.5. The van der Waals surface area contributed by atoms with Gasteiger partial charge in [0.05, 0.1) is 12.1 Å². The average molecular weight is 457 g/mol. The Balaban J connectivity index is 1.23. The van der Waals surface area contributed by atoms with E-state index in [1.807, 2.05) is 24.0 Å². The Morgan fingerprint density at radius 2 is 1.50 bits per heavy atom. The highest BCUT2D eigenvalue weighted by Gasteiger charge is 2.36. The van der Waals surface area contributed by atoms with Crippen molar-refractivity contribution in [1.29, 1.82) is 0 Å². The highest BCUT2D eigenvalue weighted by atomic mass is 16.3. The number of hydrogen-bond acceptors (Lipinski definition) is 5. The lowest BCUT2D eigenvalue weighted by atomic mass is 9.96. The van der Waals surface area contributed by atoms with Gasteiger partial charge in [-0.1, -0.05) is 72.8 Å². The fraction of sp³-hybridized carbons (Fsp3) is 0.321. The maximum absolute atomic E-state index is 13.3. The Kier molecular flexibility index (Phi) is 6.63. The van der Waals surface area contributed by atoms with Gasteiger partial charge in [0, 0.05) is 31.7 Å². The van der Waals surface area contributed by atoms with Crippen LogP contribution in [0.1, 0.15) is 40.8 Å². The third-order valence-electron chi connectivity index (χ3n) is 6.98. The first-order valence-electron chi connectivity index (χ1n) is 12.0. The molecule has 0 spiro atoms. The van der Waals surface area contributed by atoms with E-state index in [-0.39, 0.29) is 29.8 Å².